The standard InChI is InChI=1S/C11H12ClN3O2S/c1-15-7-11(13-8-15)18(16,17)14-10-4-2-9(6-12)3-5-10/h2-5,7-8,14H,6H2,1H3. The number of halogens is 1. The molecule has 0 radical (unpaired) electrons. The molecule has 1 aromatic heterocycles. The molecule has 0 aliphatic rings. The lowest BCUT2D eigenvalue weighted by Gasteiger charge is -2.06. The van der Waals surface area contributed by atoms with E-state index in [0.29, 0.717) is 11.6 Å². The third-order valence-electron chi connectivity index (χ3n) is 2.32. The Labute approximate surface area is 110 Å². The van der Waals surface area contributed by atoms with Crippen molar-refractivity contribution in [1.29, 1.82) is 0 Å². The summed E-state index contributed by atoms with van der Waals surface area (Å²) >= 11 is 5.66. The van der Waals surface area contributed by atoms with Crippen molar-refractivity contribution in [2.24, 2.45) is 7.05 Å². The molecule has 1 N–H and O–H groups in total. The van der Waals surface area contributed by atoms with Crippen LogP contribution in [0.5, 0.6) is 0 Å². The molecule has 0 unspecified atom stereocenters. The molecule has 1 heterocycles. The number of hydrogen-bond acceptors (Lipinski definition) is 3. The smallest absolute Gasteiger partial charge is 0.280 e. The second-order valence-electron chi connectivity index (χ2n) is 3.81. The summed E-state index contributed by atoms with van der Waals surface area (Å²) in [5.74, 6) is 0.396. The van der Waals surface area contributed by atoms with Gasteiger partial charge in [-0.3, -0.25) is 4.72 Å². The largest absolute Gasteiger partial charge is 0.339 e. The zero-order valence-electron chi connectivity index (χ0n) is 9.67. The molecule has 0 spiro atoms. The average Bonchev–Trinajstić information content (AvgIpc) is 2.77. The SMILES string of the molecule is Cn1cnc(S(=O)(=O)Nc2ccc(CCl)cc2)c1. The van der Waals surface area contributed by atoms with Crippen molar-refractivity contribution in [3.05, 3.63) is 42.4 Å². The third-order valence-corrected chi connectivity index (χ3v) is 3.89. The fourth-order valence-electron chi connectivity index (χ4n) is 1.40. The minimum Gasteiger partial charge on any atom is -0.339 e. The summed E-state index contributed by atoms with van der Waals surface area (Å²) in [5.41, 5.74) is 1.41. The van der Waals surface area contributed by atoms with Crippen molar-refractivity contribution in [3.8, 4) is 0 Å². The van der Waals surface area contributed by atoms with Crippen molar-refractivity contribution in [2.75, 3.05) is 4.72 Å². The number of aryl methyl sites for hydroxylation is 1. The molecule has 0 fully saturated rings. The lowest BCUT2D eigenvalue weighted by Crippen LogP contribution is -2.13. The first-order chi connectivity index (χ1) is 8.51. The second kappa shape index (κ2) is 4.99. The topological polar surface area (TPSA) is 64.0 Å². The van der Waals surface area contributed by atoms with Crippen molar-refractivity contribution >= 4 is 27.3 Å². The maximum absolute atomic E-state index is 12.0. The zero-order chi connectivity index (χ0) is 13.2. The quantitative estimate of drug-likeness (QED) is 0.874. The molecule has 7 heteroatoms. The van der Waals surface area contributed by atoms with Crippen LogP contribution in [0, 0.1) is 0 Å². The predicted molar refractivity (Wildman–Crippen MR) is 70.0 cm³/mol. The van der Waals surface area contributed by atoms with E-state index in [9.17, 15) is 8.42 Å². The van der Waals surface area contributed by atoms with Gasteiger partial charge in [0.1, 0.15) is 0 Å². The fraction of sp³-hybridized carbons (Fsp3) is 0.182. The number of hydrogen-bond donors (Lipinski definition) is 1. The van der Waals surface area contributed by atoms with Crippen LogP contribution in [-0.4, -0.2) is 18.0 Å². The summed E-state index contributed by atoms with van der Waals surface area (Å²) < 4.78 is 27.9. The minimum absolute atomic E-state index is 0.00794. The number of sulfonamides is 1. The van der Waals surface area contributed by atoms with E-state index in [1.807, 2.05) is 0 Å². The normalized spacial score (nSPS) is 11.4. The zero-order valence-corrected chi connectivity index (χ0v) is 11.2. The van der Waals surface area contributed by atoms with Crippen molar-refractivity contribution < 1.29 is 8.42 Å². The molecule has 0 aliphatic carbocycles. The van der Waals surface area contributed by atoms with Gasteiger partial charge in [-0.15, -0.1) is 11.6 Å². The van der Waals surface area contributed by atoms with Gasteiger partial charge >= 0.3 is 0 Å². The van der Waals surface area contributed by atoms with Gasteiger partial charge < -0.3 is 4.57 Å². The summed E-state index contributed by atoms with van der Waals surface area (Å²) in [6, 6.07) is 6.86. The lowest BCUT2D eigenvalue weighted by molar-refractivity contribution is 0.598. The van der Waals surface area contributed by atoms with Gasteiger partial charge in [-0.2, -0.15) is 8.42 Å². The number of nitrogens with one attached hydrogen (secondary N) is 1. The van der Waals surface area contributed by atoms with Gasteiger partial charge in [-0.05, 0) is 17.7 Å². The van der Waals surface area contributed by atoms with Crippen LogP contribution in [0.2, 0.25) is 0 Å². The Kier molecular flexibility index (Phi) is 3.58. The molecule has 0 saturated carbocycles. The first kappa shape index (κ1) is 12.9. The van der Waals surface area contributed by atoms with E-state index in [-0.39, 0.29) is 5.03 Å². The Morgan fingerprint density at radius 2 is 2.00 bits per heavy atom. The van der Waals surface area contributed by atoms with E-state index < -0.39 is 10.0 Å². The van der Waals surface area contributed by atoms with Gasteiger partial charge in [0.15, 0.2) is 5.03 Å². The maximum Gasteiger partial charge on any atom is 0.280 e. The number of alkyl halides is 1. The van der Waals surface area contributed by atoms with E-state index in [1.54, 1.807) is 35.9 Å². The highest BCUT2D eigenvalue weighted by molar-refractivity contribution is 7.92. The minimum atomic E-state index is -3.63. The highest BCUT2D eigenvalue weighted by Crippen LogP contribution is 2.15. The maximum atomic E-state index is 12.0. The first-order valence-corrected chi connectivity index (χ1v) is 7.19. The van der Waals surface area contributed by atoms with E-state index >= 15 is 0 Å². The van der Waals surface area contributed by atoms with Gasteiger partial charge in [-0.25, -0.2) is 4.98 Å². The third kappa shape index (κ3) is 2.83. The Morgan fingerprint density at radius 1 is 1.33 bits per heavy atom. The first-order valence-electron chi connectivity index (χ1n) is 5.17. The van der Waals surface area contributed by atoms with Crippen LogP contribution in [0.3, 0.4) is 0 Å². The Hall–Kier alpha value is -1.53. The molecule has 18 heavy (non-hydrogen) atoms. The Bertz CT molecular complexity index is 635. The van der Waals surface area contributed by atoms with Crippen molar-refractivity contribution in [1.82, 2.24) is 9.55 Å². The number of aromatic nitrogens is 2. The highest BCUT2D eigenvalue weighted by atomic mass is 35.5. The van der Waals surface area contributed by atoms with Gasteiger partial charge in [-0.1, -0.05) is 12.1 Å². The van der Waals surface area contributed by atoms with E-state index in [1.165, 1.54) is 12.5 Å². The van der Waals surface area contributed by atoms with E-state index in [0.717, 1.165) is 5.56 Å². The predicted octanol–water partition coefficient (Wildman–Crippen LogP) is 1.96. The summed E-state index contributed by atoms with van der Waals surface area (Å²) in [6.07, 6.45) is 2.88. The van der Waals surface area contributed by atoms with Gasteiger partial charge in [0.2, 0.25) is 0 Å². The van der Waals surface area contributed by atoms with Crippen LogP contribution in [0.25, 0.3) is 0 Å². The average molecular weight is 286 g/mol. The van der Waals surface area contributed by atoms with Crippen LogP contribution in [0.15, 0.2) is 41.8 Å². The van der Waals surface area contributed by atoms with Crippen LogP contribution in [0.1, 0.15) is 5.56 Å². The molecule has 0 saturated heterocycles. The van der Waals surface area contributed by atoms with Crippen LogP contribution in [-0.2, 0) is 23.0 Å². The van der Waals surface area contributed by atoms with Gasteiger partial charge in [0.05, 0.1) is 6.33 Å². The summed E-state index contributed by atoms with van der Waals surface area (Å²) in [7, 11) is -1.92. The van der Waals surface area contributed by atoms with Crippen molar-refractivity contribution in [3.63, 3.8) is 0 Å². The Balaban J connectivity index is 2.22. The Morgan fingerprint density at radius 3 is 2.50 bits per heavy atom. The summed E-state index contributed by atoms with van der Waals surface area (Å²) in [5, 5.41) is -0.00794. The highest BCUT2D eigenvalue weighted by Gasteiger charge is 2.16. The number of rotatable bonds is 4. The number of anilines is 1. The number of benzene rings is 1. The van der Waals surface area contributed by atoms with Crippen LogP contribution in [0.4, 0.5) is 5.69 Å². The molecule has 0 amide bonds. The van der Waals surface area contributed by atoms with Gasteiger partial charge in [0, 0.05) is 24.8 Å². The van der Waals surface area contributed by atoms with Crippen molar-refractivity contribution in [2.45, 2.75) is 10.9 Å². The molecule has 5 nitrogen and oxygen atoms in total. The van der Waals surface area contributed by atoms with Gasteiger partial charge in [0.25, 0.3) is 10.0 Å². The summed E-state index contributed by atoms with van der Waals surface area (Å²) in [6.45, 7) is 0. The van der Waals surface area contributed by atoms with Crippen LogP contribution >= 0.6 is 11.6 Å². The monoisotopic (exact) mass is 285 g/mol. The molecule has 96 valence electrons. The lowest BCUT2D eigenvalue weighted by atomic mass is 10.2. The number of nitrogens with zero attached hydrogens (tertiary/aromatic N) is 2. The van der Waals surface area contributed by atoms with Crippen LogP contribution < -0.4 is 4.72 Å². The molecule has 0 bridgehead atoms. The molecule has 1 aromatic carbocycles. The molecular weight excluding hydrogens is 274 g/mol. The molecular formula is C11H12ClN3O2S. The molecule has 2 aromatic rings. The second-order valence-corrected chi connectivity index (χ2v) is 5.71. The number of imidazole rings is 1. The summed E-state index contributed by atoms with van der Waals surface area (Å²) in [4.78, 5) is 3.81. The molecule has 0 atom stereocenters. The molecule has 0 aliphatic heterocycles. The van der Waals surface area contributed by atoms with E-state index in [4.69, 9.17) is 11.6 Å². The molecule has 2 rings (SSSR count). The van der Waals surface area contributed by atoms with E-state index in [2.05, 4.69) is 9.71 Å². The fourth-order valence-corrected chi connectivity index (χ4v) is 2.62.